The Morgan fingerprint density at radius 2 is 1.88 bits per heavy atom. The number of ether oxygens (including phenoxy) is 2. The quantitative estimate of drug-likeness (QED) is 0.789. The second kappa shape index (κ2) is 4.40. The van der Waals surface area contributed by atoms with Gasteiger partial charge in [-0.3, -0.25) is 4.79 Å². The van der Waals surface area contributed by atoms with Crippen molar-refractivity contribution < 1.29 is 14.3 Å². The van der Waals surface area contributed by atoms with Crippen LogP contribution in [-0.4, -0.2) is 19.0 Å². The van der Waals surface area contributed by atoms with Gasteiger partial charge in [-0.25, -0.2) is 0 Å². The van der Waals surface area contributed by atoms with E-state index in [4.69, 9.17) is 9.47 Å². The van der Waals surface area contributed by atoms with Crippen molar-refractivity contribution in [2.45, 2.75) is 27.2 Å². The molecule has 0 aromatic heterocycles. The molecule has 0 unspecified atom stereocenters. The van der Waals surface area contributed by atoms with Crippen LogP contribution in [0.25, 0.3) is 0 Å². The van der Waals surface area contributed by atoms with Gasteiger partial charge in [0, 0.05) is 11.8 Å². The molecule has 0 amide bonds. The fourth-order valence-electron chi connectivity index (χ4n) is 1.77. The van der Waals surface area contributed by atoms with Gasteiger partial charge in [0.05, 0.1) is 13.2 Å². The highest BCUT2D eigenvalue weighted by Gasteiger charge is 2.25. The first-order valence-electron chi connectivity index (χ1n) is 5.84. The van der Waals surface area contributed by atoms with E-state index in [9.17, 15) is 4.79 Å². The monoisotopic (exact) mass is 234 g/mol. The van der Waals surface area contributed by atoms with Crippen LogP contribution in [0, 0.1) is 5.41 Å². The first-order chi connectivity index (χ1) is 7.96. The Kier molecular flexibility index (Phi) is 3.09. The number of rotatable bonds is 2. The Bertz CT molecular complexity index is 435. The molecule has 0 fully saturated rings. The first kappa shape index (κ1) is 12.0. The third kappa shape index (κ3) is 2.99. The summed E-state index contributed by atoms with van der Waals surface area (Å²) in [6.45, 7) is 7.08. The summed E-state index contributed by atoms with van der Waals surface area (Å²) in [5, 5.41) is 0. The maximum atomic E-state index is 11.1. The zero-order chi connectivity index (χ0) is 12.5. The largest absolute Gasteiger partial charge is 0.489 e. The molecule has 2 rings (SSSR count). The molecule has 0 spiro atoms. The van der Waals surface area contributed by atoms with Gasteiger partial charge >= 0.3 is 0 Å². The van der Waals surface area contributed by atoms with E-state index in [1.807, 2.05) is 18.2 Å². The molecule has 1 aliphatic rings. The molecule has 17 heavy (non-hydrogen) atoms. The third-order valence-electron chi connectivity index (χ3n) is 2.70. The van der Waals surface area contributed by atoms with Crippen LogP contribution in [0.5, 0.6) is 11.5 Å². The van der Waals surface area contributed by atoms with Gasteiger partial charge in [-0.05, 0) is 24.6 Å². The smallest absolute Gasteiger partial charge is 0.161 e. The number of fused-ring (bicyclic) bond motifs is 1. The molecule has 0 aliphatic carbocycles. The number of hydrogen-bond donors (Lipinski definition) is 0. The summed E-state index contributed by atoms with van der Waals surface area (Å²) in [6, 6.07) is 5.70. The normalized spacial score (nSPS) is 17.4. The molecular formula is C14H18O3. The van der Waals surface area contributed by atoms with Crippen LogP contribution < -0.4 is 9.47 Å². The van der Waals surface area contributed by atoms with E-state index in [1.54, 1.807) is 6.92 Å². The van der Waals surface area contributed by atoms with Crippen LogP contribution in [0.1, 0.15) is 26.3 Å². The van der Waals surface area contributed by atoms with E-state index in [0.717, 1.165) is 17.1 Å². The molecule has 0 saturated heterocycles. The number of ketones is 1. The van der Waals surface area contributed by atoms with Crippen LogP contribution in [0.3, 0.4) is 0 Å². The average molecular weight is 234 g/mol. The summed E-state index contributed by atoms with van der Waals surface area (Å²) in [7, 11) is 0. The molecule has 1 aromatic carbocycles. The molecule has 0 atom stereocenters. The van der Waals surface area contributed by atoms with E-state index >= 15 is 0 Å². The van der Waals surface area contributed by atoms with Gasteiger partial charge < -0.3 is 9.47 Å². The second-order valence-electron chi connectivity index (χ2n) is 5.40. The Hall–Kier alpha value is -1.51. The minimum Gasteiger partial charge on any atom is -0.489 e. The Labute approximate surface area is 102 Å². The lowest BCUT2D eigenvalue weighted by molar-refractivity contribution is -0.116. The highest BCUT2D eigenvalue weighted by atomic mass is 16.5. The van der Waals surface area contributed by atoms with Gasteiger partial charge in [-0.1, -0.05) is 19.9 Å². The summed E-state index contributed by atoms with van der Waals surface area (Å²) < 4.78 is 11.5. The van der Waals surface area contributed by atoms with Crippen molar-refractivity contribution in [1.29, 1.82) is 0 Å². The van der Waals surface area contributed by atoms with Crippen molar-refractivity contribution in [3.8, 4) is 11.5 Å². The van der Waals surface area contributed by atoms with Crippen LogP contribution in [0.15, 0.2) is 18.2 Å². The summed E-state index contributed by atoms with van der Waals surface area (Å²) in [6.07, 6.45) is 0.444. The molecule has 0 saturated carbocycles. The van der Waals surface area contributed by atoms with Gasteiger partial charge in [-0.15, -0.1) is 0 Å². The van der Waals surface area contributed by atoms with Crippen molar-refractivity contribution in [2.24, 2.45) is 5.41 Å². The second-order valence-corrected chi connectivity index (χ2v) is 5.40. The number of Topliss-reactive ketones (excluding diaryl/α,β-unsaturated/α-hetero) is 1. The molecule has 92 valence electrons. The van der Waals surface area contributed by atoms with E-state index < -0.39 is 0 Å². The number of hydrogen-bond acceptors (Lipinski definition) is 3. The number of carbonyl (C=O) groups is 1. The van der Waals surface area contributed by atoms with Crippen molar-refractivity contribution in [2.75, 3.05) is 13.2 Å². The number of carbonyl (C=O) groups excluding carboxylic acids is 1. The van der Waals surface area contributed by atoms with Crippen molar-refractivity contribution in [1.82, 2.24) is 0 Å². The van der Waals surface area contributed by atoms with E-state index in [-0.39, 0.29) is 11.2 Å². The lowest BCUT2D eigenvalue weighted by Crippen LogP contribution is -2.26. The molecule has 0 radical (unpaired) electrons. The van der Waals surface area contributed by atoms with E-state index in [2.05, 4.69) is 13.8 Å². The van der Waals surface area contributed by atoms with Gasteiger partial charge in [0.25, 0.3) is 0 Å². The van der Waals surface area contributed by atoms with Crippen molar-refractivity contribution >= 4 is 5.78 Å². The zero-order valence-electron chi connectivity index (χ0n) is 10.6. The lowest BCUT2D eigenvalue weighted by Gasteiger charge is -2.19. The maximum absolute atomic E-state index is 11.1. The summed E-state index contributed by atoms with van der Waals surface area (Å²) in [5.41, 5.74) is 0.985. The molecule has 3 heteroatoms. The molecule has 1 aromatic rings. The van der Waals surface area contributed by atoms with E-state index in [1.165, 1.54) is 0 Å². The summed E-state index contributed by atoms with van der Waals surface area (Å²) in [4.78, 5) is 11.1. The standard InChI is InChI=1S/C14H18O3/c1-10(15)6-11-4-5-12-13(7-11)17-9-14(2,3)8-16-12/h4-5,7H,6,8-9H2,1-3H3. The Morgan fingerprint density at radius 3 is 2.53 bits per heavy atom. The Balaban J connectivity index is 2.22. The van der Waals surface area contributed by atoms with Gasteiger partial charge in [0.1, 0.15) is 5.78 Å². The highest BCUT2D eigenvalue weighted by Crippen LogP contribution is 2.34. The average Bonchev–Trinajstić information content (AvgIpc) is 2.38. The topological polar surface area (TPSA) is 35.5 Å². The van der Waals surface area contributed by atoms with Gasteiger partial charge in [-0.2, -0.15) is 0 Å². The number of benzene rings is 1. The molecule has 0 bridgehead atoms. The molecule has 0 N–H and O–H groups in total. The molecular weight excluding hydrogens is 216 g/mol. The van der Waals surface area contributed by atoms with Crippen LogP contribution in [0.4, 0.5) is 0 Å². The first-order valence-corrected chi connectivity index (χ1v) is 5.84. The lowest BCUT2D eigenvalue weighted by atomic mass is 9.97. The summed E-state index contributed by atoms with van der Waals surface area (Å²) >= 11 is 0. The molecule has 1 heterocycles. The van der Waals surface area contributed by atoms with E-state index in [0.29, 0.717) is 19.6 Å². The fourth-order valence-corrected chi connectivity index (χ4v) is 1.77. The predicted octanol–water partition coefficient (Wildman–Crippen LogP) is 2.62. The highest BCUT2D eigenvalue weighted by molar-refractivity contribution is 5.78. The van der Waals surface area contributed by atoms with Gasteiger partial charge in [0.15, 0.2) is 11.5 Å². The minimum absolute atomic E-state index is 0.0136. The van der Waals surface area contributed by atoms with Gasteiger partial charge in [0.2, 0.25) is 0 Å². The van der Waals surface area contributed by atoms with Crippen LogP contribution >= 0.6 is 0 Å². The van der Waals surface area contributed by atoms with Crippen molar-refractivity contribution in [3.05, 3.63) is 23.8 Å². The minimum atomic E-state index is 0.0136. The molecule has 3 nitrogen and oxygen atoms in total. The zero-order valence-corrected chi connectivity index (χ0v) is 10.6. The third-order valence-corrected chi connectivity index (χ3v) is 2.70. The maximum Gasteiger partial charge on any atom is 0.161 e. The summed E-state index contributed by atoms with van der Waals surface area (Å²) in [5.74, 6) is 1.66. The Morgan fingerprint density at radius 1 is 1.24 bits per heavy atom. The van der Waals surface area contributed by atoms with Crippen molar-refractivity contribution in [3.63, 3.8) is 0 Å². The SMILES string of the molecule is CC(=O)Cc1ccc2c(c1)OCC(C)(C)CO2. The van der Waals surface area contributed by atoms with Crippen LogP contribution in [-0.2, 0) is 11.2 Å². The van der Waals surface area contributed by atoms with Crippen LogP contribution in [0.2, 0.25) is 0 Å². The molecule has 1 aliphatic heterocycles. The predicted molar refractivity (Wildman–Crippen MR) is 65.6 cm³/mol. The fraction of sp³-hybridized carbons (Fsp3) is 0.500.